The predicted octanol–water partition coefficient (Wildman–Crippen LogP) is 2.69. The molecule has 5 nitrogen and oxygen atoms in total. The Morgan fingerprint density at radius 2 is 1.86 bits per heavy atom. The number of nitrogens with zero attached hydrogens (tertiary/aromatic N) is 2. The maximum Gasteiger partial charge on any atom is 0.257 e. The van der Waals surface area contributed by atoms with Crippen molar-refractivity contribution in [2.75, 3.05) is 13.1 Å². The maximum atomic E-state index is 14.3. The number of likely N-dealkylation sites (tertiary alicyclic amines) is 2. The van der Waals surface area contributed by atoms with Gasteiger partial charge in [0.2, 0.25) is 5.91 Å². The van der Waals surface area contributed by atoms with E-state index in [9.17, 15) is 18.4 Å². The van der Waals surface area contributed by atoms with Gasteiger partial charge >= 0.3 is 0 Å². The van der Waals surface area contributed by atoms with E-state index in [0.29, 0.717) is 19.5 Å². The van der Waals surface area contributed by atoms with Crippen molar-refractivity contribution in [3.05, 3.63) is 35.4 Å². The van der Waals surface area contributed by atoms with Crippen LogP contribution in [0.5, 0.6) is 0 Å². The Bertz CT molecular complexity index is 772. The largest absolute Gasteiger partial charge is 0.339 e. The summed E-state index contributed by atoms with van der Waals surface area (Å²) in [7, 11) is 0. The zero-order valence-electron chi connectivity index (χ0n) is 15.9. The highest BCUT2D eigenvalue weighted by atomic mass is 19.1. The lowest BCUT2D eigenvalue weighted by atomic mass is 9.84. The number of benzene rings is 1. The SMILES string of the molecule is NC1CCCN(C(=O)C2CC3CCCCC3N2C(=O)c2ccc(F)cc2F)C1. The highest BCUT2D eigenvalue weighted by molar-refractivity contribution is 5.98. The Balaban J connectivity index is 1.64. The molecule has 0 spiro atoms. The molecule has 3 fully saturated rings. The van der Waals surface area contributed by atoms with E-state index in [2.05, 4.69) is 0 Å². The van der Waals surface area contributed by atoms with Gasteiger partial charge in [-0.05, 0) is 50.2 Å². The molecule has 1 saturated carbocycles. The topological polar surface area (TPSA) is 66.6 Å². The van der Waals surface area contributed by atoms with Crippen molar-refractivity contribution in [1.82, 2.24) is 9.80 Å². The first-order valence-electron chi connectivity index (χ1n) is 10.3. The molecular formula is C21H27F2N3O2. The standard InChI is InChI=1S/C21H27F2N3O2/c22-14-7-8-16(17(23)11-14)20(27)26-18-6-2-1-4-13(18)10-19(26)21(28)25-9-3-5-15(24)12-25/h7-8,11,13,15,18-19H,1-6,9-10,12,24H2. The minimum atomic E-state index is -0.879. The van der Waals surface area contributed by atoms with Crippen LogP contribution in [0.1, 0.15) is 55.3 Å². The van der Waals surface area contributed by atoms with Gasteiger partial charge in [-0.15, -0.1) is 0 Å². The minimum Gasteiger partial charge on any atom is -0.339 e. The Morgan fingerprint density at radius 1 is 1.07 bits per heavy atom. The number of nitrogens with two attached hydrogens (primary N) is 1. The van der Waals surface area contributed by atoms with Crippen LogP contribution < -0.4 is 5.73 Å². The summed E-state index contributed by atoms with van der Waals surface area (Å²) in [5.41, 5.74) is 5.87. The molecule has 1 aromatic carbocycles. The van der Waals surface area contributed by atoms with Gasteiger partial charge in [0.15, 0.2) is 0 Å². The second-order valence-electron chi connectivity index (χ2n) is 8.39. The number of carbonyl (C=O) groups is 2. The van der Waals surface area contributed by atoms with Crippen LogP contribution in [0.2, 0.25) is 0 Å². The number of rotatable bonds is 2. The number of piperidine rings is 1. The van der Waals surface area contributed by atoms with Crippen molar-refractivity contribution >= 4 is 11.8 Å². The Hall–Kier alpha value is -2.02. The van der Waals surface area contributed by atoms with Crippen molar-refractivity contribution in [1.29, 1.82) is 0 Å². The van der Waals surface area contributed by atoms with E-state index in [0.717, 1.165) is 50.7 Å². The Labute approximate surface area is 163 Å². The third-order valence-electron chi connectivity index (χ3n) is 6.54. The molecule has 4 rings (SSSR count). The van der Waals surface area contributed by atoms with Crippen LogP contribution in [0.15, 0.2) is 18.2 Å². The summed E-state index contributed by atoms with van der Waals surface area (Å²) in [6.07, 6.45) is 6.24. The van der Waals surface area contributed by atoms with E-state index in [4.69, 9.17) is 5.73 Å². The molecule has 2 aliphatic heterocycles. The minimum absolute atomic E-state index is 0.0416. The highest BCUT2D eigenvalue weighted by Gasteiger charge is 2.49. The number of halogens is 2. The fraction of sp³-hybridized carbons (Fsp3) is 0.619. The molecular weight excluding hydrogens is 364 g/mol. The first-order chi connectivity index (χ1) is 13.5. The molecule has 1 aliphatic carbocycles. The number of amides is 2. The number of hydrogen-bond donors (Lipinski definition) is 1. The van der Waals surface area contributed by atoms with E-state index in [1.165, 1.54) is 6.07 Å². The Kier molecular flexibility index (Phi) is 5.36. The van der Waals surface area contributed by atoms with Crippen LogP contribution in [-0.4, -0.2) is 52.8 Å². The molecule has 152 valence electrons. The second-order valence-corrected chi connectivity index (χ2v) is 8.39. The lowest BCUT2D eigenvalue weighted by molar-refractivity contribution is -0.136. The van der Waals surface area contributed by atoms with Gasteiger partial charge in [-0.2, -0.15) is 0 Å². The van der Waals surface area contributed by atoms with E-state index < -0.39 is 23.6 Å². The fourth-order valence-electron chi connectivity index (χ4n) is 5.20. The number of carbonyl (C=O) groups excluding carboxylic acids is 2. The number of hydrogen-bond acceptors (Lipinski definition) is 3. The quantitative estimate of drug-likeness (QED) is 0.843. The van der Waals surface area contributed by atoms with Crippen molar-refractivity contribution in [3.63, 3.8) is 0 Å². The molecule has 2 amide bonds. The fourth-order valence-corrected chi connectivity index (χ4v) is 5.20. The van der Waals surface area contributed by atoms with Crippen LogP contribution in [-0.2, 0) is 4.79 Å². The van der Waals surface area contributed by atoms with Gasteiger partial charge in [-0.25, -0.2) is 8.78 Å². The molecule has 0 aromatic heterocycles. The average Bonchev–Trinajstić information content (AvgIpc) is 3.06. The third kappa shape index (κ3) is 3.52. The summed E-state index contributed by atoms with van der Waals surface area (Å²) < 4.78 is 27.6. The summed E-state index contributed by atoms with van der Waals surface area (Å²) in [6.45, 7) is 1.14. The molecule has 4 unspecified atom stereocenters. The van der Waals surface area contributed by atoms with Crippen molar-refractivity contribution < 1.29 is 18.4 Å². The lowest BCUT2D eigenvalue weighted by Gasteiger charge is -2.37. The number of fused-ring (bicyclic) bond motifs is 1. The van der Waals surface area contributed by atoms with E-state index in [-0.39, 0.29) is 29.5 Å². The van der Waals surface area contributed by atoms with Gasteiger partial charge in [0.1, 0.15) is 17.7 Å². The summed E-state index contributed by atoms with van der Waals surface area (Å²) in [6, 6.07) is 2.31. The normalized spacial score (nSPS) is 30.2. The van der Waals surface area contributed by atoms with Crippen molar-refractivity contribution in [3.8, 4) is 0 Å². The third-order valence-corrected chi connectivity index (χ3v) is 6.54. The van der Waals surface area contributed by atoms with Gasteiger partial charge in [0, 0.05) is 31.2 Å². The van der Waals surface area contributed by atoms with Crippen molar-refractivity contribution in [2.24, 2.45) is 11.7 Å². The van der Waals surface area contributed by atoms with Gasteiger partial charge in [0.05, 0.1) is 5.56 Å². The first kappa shape index (κ1) is 19.3. The molecule has 0 radical (unpaired) electrons. The molecule has 7 heteroatoms. The monoisotopic (exact) mass is 391 g/mol. The van der Waals surface area contributed by atoms with Gasteiger partial charge in [-0.1, -0.05) is 12.8 Å². The molecule has 3 aliphatic rings. The van der Waals surface area contributed by atoms with E-state index in [1.807, 2.05) is 0 Å². The molecule has 2 N–H and O–H groups in total. The summed E-state index contributed by atoms with van der Waals surface area (Å²) in [5.74, 6) is -1.93. The highest BCUT2D eigenvalue weighted by Crippen LogP contribution is 2.41. The van der Waals surface area contributed by atoms with Crippen LogP contribution in [0.25, 0.3) is 0 Å². The van der Waals surface area contributed by atoms with Gasteiger partial charge < -0.3 is 15.5 Å². The smallest absolute Gasteiger partial charge is 0.257 e. The molecule has 4 atom stereocenters. The Morgan fingerprint density at radius 3 is 2.61 bits per heavy atom. The average molecular weight is 391 g/mol. The second kappa shape index (κ2) is 7.78. The van der Waals surface area contributed by atoms with Crippen LogP contribution in [0.3, 0.4) is 0 Å². The van der Waals surface area contributed by atoms with Crippen LogP contribution >= 0.6 is 0 Å². The van der Waals surface area contributed by atoms with Crippen molar-refractivity contribution in [2.45, 2.75) is 63.1 Å². The lowest BCUT2D eigenvalue weighted by Crippen LogP contribution is -2.54. The van der Waals surface area contributed by atoms with Gasteiger partial charge in [0.25, 0.3) is 5.91 Å². The van der Waals surface area contributed by atoms with E-state index in [1.54, 1.807) is 9.80 Å². The molecule has 28 heavy (non-hydrogen) atoms. The molecule has 0 bridgehead atoms. The zero-order chi connectivity index (χ0) is 19.8. The van der Waals surface area contributed by atoms with Crippen LogP contribution in [0.4, 0.5) is 8.78 Å². The van der Waals surface area contributed by atoms with Gasteiger partial charge in [-0.3, -0.25) is 9.59 Å². The molecule has 2 saturated heterocycles. The predicted molar refractivity (Wildman–Crippen MR) is 100 cm³/mol. The zero-order valence-corrected chi connectivity index (χ0v) is 15.9. The maximum absolute atomic E-state index is 14.3. The molecule has 1 aromatic rings. The molecule has 2 heterocycles. The summed E-state index contributed by atoms with van der Waals surface area (Å²) in [5, 5.41) is 0. The van der Waals surface area contributed by atoms with Crippen LogP contribution in [0, 0.1) is 17.6 Å². The summed E-state index contributed by atoms with van der Waals surface area (Å²) in [4.78, 5) is 29.9. The first-order valence-corrected chi connectivity index (χ1v) is 10.3. The van der Waals surface area contributed by atoms with E-state index >= 15 is 0 Å². The summed E-state index contributed by atoms with van der Waals surface area (Å²) >= 11 is 0.